The highest BCUT2D eigenvalue weighted by Gasteiger charge is 2.30. The van der Waals surface area contributed by atoms with Gasteiger partial charge in [-0.1, -0.05) is 23.7 Å². The van der Waals surface area contributed by atoms with E-state index in [0.29, 0.717) is 36.1 Å². The summed E-state index contributed by atoms with van der Waals surface area (Å²) < 4.78 is 27.4. The summed E-state index contributed by atoms with van der Waals surface area (Å²) in [7, 11) is -1.54. The van der Waals surface area contributed by atoms with Crippen molar-refractivity contribution in [2.45, 2.75) is 37.1 Å². The first-order valence-corrected chi connectivity index (χ1v) is 12.5. The monoisotopic (exact) mass is 461 g/mol. The van der Waals surface area contributed by atoms with E-state index in [9.17, 15) is 13.2 Å². The largest absolute Gasteiger partial charge is 0.311 e. The molecule has 2 aromatic carbocycles. The lowest BCUT2D eigenvalue weighted by atomic mass is 10.0. The number of fused-ring (bicyclic) bond motifs is 1. The highest BCUT2D eigenvalue weighted by atomic mass is 35.5. The van der Waals surface area contributed by atoms with Crippen LogP contribution in [0.5, 0.6) is 0 Å². The lowest BCUT2D eigenvalue weighted by molar-refractivity contribution is -0.119. The van der Waals surface area contributed by atoms with Crippen LogP contribution in [0.4, 0.5) is 5.69 Å². The summed E-state index contributed by atoms with van der Waals surface area (Å²) in [6.45, 7) is 2.72. The topological polar surface area (TPSA) is 60.9 Å². The SMILES string of the molecule is CN(CC(=O)N1CCCc2cc(S(=O)(=O)N3CCCC3)ccc21)Cc1cccc(Cl)c1. The molecular weight excluding hydrogens is 434 g/mol. The molecule has 2 aliphatic rings. The van der Waals surface area contributed by atoms with Gasteiger partial charge >= 0.3 is 0 Å². The first kappa shape index (κ1) is 22.3. The van der Waals surface area contributed by atoms with Crippen LogP contribution in [0, 0.1) is 0 Å². The zero-order valence-corrected chi connectivity index (χ0v) is 19.3. The van der Waals surface area contributed by atoms with Crippen LogP contribution in [0.2, 0.25) is 5.02 Å². The minimum atomic E-state index is -3.46. The predicted octanol–water partition coefficient (Wildman–Crippen LogP) is 3.54. The summed E-state index contributed by atoms with van der Waals surface area (Å²) in [6, 6.07) is 12.8. The number of hydrogen-bond donors (Lipinski definition) is 0. The summed E-state index contributed by atoms with van der Waals surface area (Å²) in [5, 5.41) is 0.682. The van der Waals surface area contributed by atoms with Crippen molar-refractivity contribution in [1.82, 2.24) is 9.21 Å². The van der Waals surface area contributed by atoms with E-state index in [0.717, 1.165) is 42.5 Å². The summed E-state index contributed by atoms with van der Waals surface area (Å²) in [6.07, 6.45) is 3.43. The van der Waals surface area contributed by atoms with Gasteiger partial charge in [0.2, 0.25) is 15.9 Å². The zero-order valence-electron chi connectivity index (χ0n) is 17.8. The molecule has 6 nitrogen and oxygen atoms in total. The van der Waals surface area contributed by atoms with Crippen molar-refractivity contribution in [3.63, 3.8) is 0 Å². The number of sulfonamides is 1. The van der Waals surface area contributed by atoms with E-state index in [1.807, 2.05) is 36.2 Å². The molecule has 0 spiro atoms. The molecule has 1 saturated heterocycles. The molecule has 0 atom stereocenters. The molecule has 4 rings (SSSR count). The van der Waals surface area contributed by atoms with Gasteiger partial charge in [0.1, 0.15) is 0 Å². The second-order valence-electron chi connectivity index (χ2n) is 8.35. The maximum absolute atomic E-state index is 13.1. The molecule has 2 heterocycles. The number of carbonyl (C=O) groups is 1. The maximum atomic E-state index is 13.1. The fourth-order valence-electron chi connectivity index (χ4n) is 4.39. The number of carbonyl (C=O) groups excluding carboxylic acids is 1. The number of amides is 1. The fourth-order valence-corrected chi connectivity index (χ4v) is 6.17. The zero-order chi connectivity index (χ0) is 22.0. The Morgan fingerprint density at radius 1 is 1.06 bits per heavy atom. The van der Waals surface area contributed by atoms with Gasteiger partial charge in [0.05, 0.1) is 11.4 Å². The van der Waals surface area contributed by atoms with Gasteiger partial charge in [0.25, 0.3) is 0 Å². The van der Waals surface area contributed by atoms with Crippen LogP contribution >= 0.6 is 11.6 Å². The summed E-state index contributed by atoms with van der Waals surface area (Å²) in [5.41, 5.74) is 2.81. The Morgan fingerprint density at radius 2 is 1.84 bits per heavy atom. The number of halogens is 1. The second-order valence-corrected chi connectivity index (χ2v) is 10.7. The molecule has 8 heteroatoms. The molecule has 166 valence electrons. The molecule has 31 heavy (non-hydrogen) atoms. The van der Waals surface area contributed by atoms with Gasteiger partial charge in [-0.15, -0.1) is 0 Å². The summed E-state index contributed by atoms with van der Waals surface area (Å²) in [5.74, 6) is 0.0145. The number of benzene rings is 2. The average molecular weight is 462 g/mol. The number of anilines is 1. The van der Waals surface area contributed by atoms with Crippen LogP contribution in [0.25, 0.3) is 0 Å². The van der Waals surface area contributed by atoms with Gasteiger partial charge in [-0.05, 0) is 74.2 Å². The van der Waals surface area contributed by atoms with Gasteiger partial charge in [0.15, 0.2) is 0 Å². The molecule has 0 N–H and O–H groups in total. The molecule has 1 amide bonds. The van der Waals surface area contributed by atoms with Gasteiger partial charge in [-0.3, -0.25) is 9.69 Å². The lowest BCUT2D eigenvalue weighted by Crippen LogP contribution is -2.41. The van der Waals surface area contributed by atoms with E-state index >= 15 is 0 Å². The third kappa shape index (κ3) is 4.95. The third-order valence-corrected chi connectivity index (χ3v) is 8.05. The van der Waals surface area contributed by atoms with Crippen LogP contribution < -0.4 is 4.90 Å². The molecule has 2 aliphatic heterocycles. The molecule has 0 radical (unpaired) electrons. The first-order valence-electron chi connectivity index (χ1n) is 10.7. The van der Waals surface area contributed by atoms with Gasteiger partial charge in [-0.25, -0.2) is 8.42 Å². The predicted molar refractivity (Wildman–Crippen MR) is 123 cm³/mol. The van der Waals surface area contributed by atoms with Crippen LogP contribution in [0.3, 0.4) is 0 Å². The average Bonchev–Trinajstić information content (AvgIpc) is 3.28. The van der Waals surface area contributed by atoms with Gasteiger partial charge in [-0.2, -0.15) is 4.31 Å². The number of hydrogen-bond acceptors (Lipinski definition) is 4. The number of rotatable bonds is 6. The van der Waals surface area contributed by atoms with Crippen LogP contribution in [0.15, 0.2) is 47.4 Å². The fraction of sp³-hybridized carbons (Fsp3) is 0.435. The van der Waals surface area contributed by atoms with Crippen LogP contribution in [-0.2, 0) is 27.8 Å². The van der Waals surface area contributed by atoms with E-state index in [1.165, 1.54) is 0 Å². The Bertz CT molecular complexity index is 1070. The molecule has 0 saturated carbocycles. The Kier molecular flexibility index (Phi) is 6.67. The second kappa shape index (κ2) is 9.28. The normalized spacial score (nSPS) is 17.2. The smallest absolute Gasteiger partial charge is 0.243 e. The van der Waals surface area contributed by atoms with Crippen molar-refractivity contribution in [3.05, 3.63) is 58.6 Å². The van der Waals surface area contributed by atoms with E-state index in [2.05, 4.69) is 0 Å². The Labute approximate surface area is 189 Å². The van der Waals surface area contributed by atoms with Crippen molar-refractivity contribution in [3.8, 4) is 0 Å². The number of nitrogens with zero attached hydrogens (tertiary/aromatic N) is 3. The van der Waals surface area contributed by atoms with Crippen molar-refractivity contribution < 1.29 is 13.2 Å². The van der Waals surface area contributed by atoms with Crippen LogP contribution in [0.1, 0.15) is 30.4 Å². The number of likely N-dealkylation sites (N-methyl/N-ethyl adjacent to an activating group) is 1. The van der Waals surface area contributed by atoms with Crippen molar-refractivity contribution in [1.29, 1.82) is 0 Å². The Morgan fingerprint density at radius 3 is 2.58 bits per heavy atom. The Balaban J connectivity index is 1.48. The van der Waals surface area contributed by atoms with E-state index < -0.39 is 10.0 Å². The quantitative estimate of drug-likeness (QED) is 0.660. The lowest BCUT2D eigenvalue weighted by Gasteiger charge is -2.31. The molecule has 2 aromatic rings. The third-order valence-electron chi connectivity index (χ3n) is 5.92. The highest BCUT2D eigenvalue weighted by Crippen LogP contribution is 2.31. The highest BCUT2D eigenvalue weighted by molar-refractivity contribution is 7.89. The van der Waals surface area contributed by atoms with Crippen molar-refractivity contribution in [2.75, 3.05) is 38.1 Å². The van der Waals surface area contributed by atoms with E-state index in [4.69, 9.17) is 11.6 Å². The van der Waals surface area contributed by atoms with Crippen LogP contribution in [-0.4, -0.2) is 56.8 Å². The summed E-state index contributed by atoms with van der Waals surface area (Å²) >= 11 is 6.06. The Hall–Kier alpha value is -1.93. The minimum Gasteiger partial charge on any atom is -0.311 e. The van der Waals surface area contributed by atoms with Crippen molar-refractivity contribution >= 4 is 33.2 Å². The maximum Gasteiger partial charge on any atom is 0.243 e. The molecular formula is C23H28ClN3O3S. The molecule has 1 fully saturated rings. The van der Waals surface area contributed by atoms with Gasteiger partial charge < -0.3 is 4.90 Å². The van der Waals surface area contributed by atoms with E-state index in [-0.39, 0.29) is 12.5 Å². The molecule has 0 aromatic heterocycles. The van der Waals surface area contributed by atoms with Gasteiger partial charge in [0, 0.05) is 36.9 Å². The van der Waals surface area contributed by atoms with E-state index in [1.54, 1.807) is 27.4 Å². The standard InChI is InChI=1S/C23H28ClN3O3S/c1-25(16-18-6-4-8-20(24)14-18)17-23(28)27-13-5-7-19-15-21(9-10-22(19)27)31(29,30)26-11-2-3-12-26/h4,6,8-10,14-15H,2-3,5,7,11-13,16-17H2,1H3. The minimum absolute atomic E-state index is 0.0145. The summed E-state index contributed by atoms with van der Waals surface area (Å²) in [4.78, 5) is 17.1. The number of aryl methyl sites for hydroxylation is 1. The molecule has 0 bridgehead atoms. The molecule has 0 aliphatic carbocycles. The molecule has 0 unspecified atom stereocenters. The first-order chi connectivity index (χ1) is 14.8. The van der Waals surface area contributed by atoms with Crippen molar-refractivity contribution in [2.24, 2.45) is 0 Å².